The first-order chi connectivity index (χ1) is 7.27. The fourth-order valence-corrected chi connectivity index (χ4v) is 2.31. The van der Waals surface area contributed by atoms with Gasteiger partial charge in [-0.15, -0.1) is 0 Å². The Morgan fingerprint density at radius 3 is 3.13 bits per heavy atom. The first kappa shape index (κ1) is 10.9. The van der Waals surface area contributed by atoms with Crippen molar-refractivity contribution in [3.63, 3.8) is 0 Å². The van der Waals surface area contributed by atoms with E-state index in [-0.39, 0.29) is 11.9 Å². The van der Waals surface area contributed by atoms with Crippen molar-refractivity contribution in [1.29, 1.82) is 0 Å². The number of morpholine rings is 1. The number of nitrogens with two attached hydrogens (primary N) is 1. The number of nitrogens with zero attached hydrogens (tertiary/aromatic N) is 1. The Morgan fingerprint density at radius 2 is 2.47 bits per heavy atom. The fraction of sp³-hybridized carbons (Fsp3) is 0.900. The lowest BCUT2D eigenvalue weighted by atomic mass is 10.1. The van der Waals surface area contributed by atoms with Gasteiger partial charge in [-0.3, -0.25) is 9.69 Å². The van der Waals surface area contributed by atoms with Gasteiger partial charge in [-0.25, -0.2) is 0 Å². The van der Waals surface area contributed by atoms with Gasteiger partial charge in [-0.05, 0) is 19.4 Å². The van der Waals surface area contributed by atoms with E-state index in [9.17, 15) is 4.79 Å². The minimum absolute atomic E-state index is 0.235. The normalized spacial score (nSPS) is 33.1. The van der Waals surface area contributed by atoms with Crippen molar-refractivity contribution in [1.82, 2.24) is 10.2 Å². The molecule has 0 aliphatic carbocycles. The Labute approximate surface area is 89.9 Å². The molecule has 2 saturated heterocycles. The second kappa shape index (κ2) is 4.92. The van der Waals surface area contributed by atoms with Crippen LogP contribution >= 0.6 is 0 Å². The van der Waals surface area contributed by atoms with Crippen molar-refractivity contribution in [2.45, 2.75) is 24.9 Å². The summed E-state index contributed by atoms with van der Waals surface area (Å²) in [6.45, 7) is 3.97. The molecule has 1 amide bonds. The van der Waals surface area contributed by atoms with Crippen LogP contribution < -0.4 is 11.1 Å². The molecule has 2 aliphatic rings. The lowest BCUT2D eigenvalue weighted by Gasteiger charge is -2.35. The highest BCUT2D eigenvalue weighted by molar-refractivity contribution is 5.80. The Morgan fingerprint density at radius 1 is 1.60 bits per heavy atom. The summed E-state index contributed by atoms with van der Waals surface area (Å²) in [5.74, 6) is -0.271. The highest BCUT2D eigenvalue weighted by Crippen LogP contribution is 2.12. The molecular formula is C10H19N3O2. The van der Waals surface area contributed by atoms with Gasteiger partial charge in [0.25, 0.3) is 0 Å². The second-order valence-electron chi connectivity index (χ2n) is 4.28. The van der Waals surface area contributed by atoms with E-state index in [1.165, 1.54) is 12.8 Å². The number of hydrogen-bond acceptors (Lipinski definition) is 4. The number of ether oxygens (including phenoxy) is 1. The quantitative estimate of drug-likeness (QED) is 0.626. The number of primary amides is 1. The molecule has 86 valence electrons. The highest BCUT2D eigenvalue weighted by atomic mass is 16.5. The van der Waals surface area contributed by atoms with E-state index in [1.807, 2.05) is 0 Å². The summed E-state index contributed by atoms with van der Waals surface area (Å²) in [5.41, 5.74) is 5.35. The van der Waals surface area contributed by atoms with Crippen LogP contribution in [0, 0.1) is 0 Å². The molecule has 2 rings (SSSR count). The van der Waals surface area contributed by atoms with Gasteiger partial charge in [0.2, 0.25) is 5.91 Å². The van der Waals surface area contributed by atoms with E-state index < -0.39 is 0 Å². The molecule has 2 aliphatic heterocycles. The average Bonchev–Trinajstić information content (AvgIpc) is 2.71. The SMILES string of the molecule is NC(=O)C1COCCN1C[C@@H]1CCCN1. The Bertz CT molecular complexity index is 229. The molecule has 2 fully saturated rings. The molecule has 0 aromatic carbocycles. The first-order valence-electron chi connectivity index (χ1n) is 5.62. The van der Waals surface area contributed by atoms with Crippen LogP contribution in [-0.4, -0.2) is 55.7 Å². The summed E-state index contributed by atoms with van der Waals surface area (Å²) in [6.07, 6.45) is 2.43. The molecule has 2 atom stereocenters. The highest BCUT2D eigenvalue weighted by Gasteiger charge is 2.29. The molecule has 0 spiro atoms. The van der Waals surface area contributed by atoms with Gasteiger partial charge in [0, 0.05) is 19.1 Å². The first-order valence-corrected chi connectivity index (χ1v) is 5.62. The van der Waals surface area contributed by atoms with Crippen molar-refractivity contribution in [3.8, 4) is 0 Å². The predicted molar refractivity (Wildman–Crippen MR) is 56.4 cm³/mol. The van der Waals surface area contributed by atoms with Gasteiger partial charge in [0.1, 0.15) is 6.04 Å². The molecule has 5 heteroatoms. The summed E-state index contributed by atoms with van der Waals surface area (Å²) in [7, 11) is 0. The molecule has 5 nitrogen and oxygen atoms in total. The molecule has 1 unspecified atom stereocenters. The molecular weight excluding hydrogens is 194 g/mol. The lowest BCUT2D eigenvalue weighted by molar-refractivity contribution is -0.129. The topological polar surface area (TPSA) is 67.6 Å². The molecule has 3 N–H and O–H groups in total. The Kier molecular flexibility index (Phi) is 3.56. The van der Waals surface area contributed by atoms with Gasteiger partial charge in [-0.1, -0.05) is 0 Å². The molecule has 15 heavy (non-hydrogen) atoms. The third-order valence-electron chi connectivity index (χ3n) is 3.19. The van der Waals surface area contributed by atoms with E-state index in [0.29, 0.717) is 19.3 Å². The van der Waals surface area contributed by atoms with Gasteiger partial charge in [-0.2, -0.15) is 0 Å². The third-order valence-corrected chi connectivity index (χ3v) is 3.19. The smallest absolute Gasteiger partial charge is 0.237 e. The van der Waals surface area contributed by atoms with Crippen LogP contribution in [0.2, 0.25) is 0 Å². The number of carbonyl (C=O) groups excluding carboxylic acids is 1. The van der Waals surface area contributed by atoms with Crippen LogP contribution in [-0.2, 0) is 9.53 Å². The van der Waals surface area contributed by atoms with Crippen molar-refractivity contribution < 1.29 is 9.53 Å². The number of nitrogens with one attached hydrogen (secondary N) is 1. The van der Waals surface area contributed by atoms with E-state index in [4.69, 9.17) is 10.5 Å². The van der Waals surface area contributed by atoms with E-state index in [0.717, 1.165) is 19.6 Å². The molecule has 0 radical (unpaired) electrons. The summed E-state index contributed by atoms with van der Waals surface area (Å²) in [5, 5.41) is 3.43. The van der Waals surface area contributed by atoms with E-state index in [1.54, 1.807) is 0 Å². The maximum absolute atomic E-state index is 11.2. The summed E-state index contributed by atoms with van der Waals surface area (Å²) < 4.78 is 5.28. The second-order valence-corrected chi connectivity index (χ2v) is 4.28. The predicted octanol–water partition coefficient (Wildman–Crippen LogP) is -1.08. The average molecular weight is 213 g/mol. The number of hydrogen-bond donors (Lipinski definition) is 2. The van der Waals surface area contributed by atoms with Crippen LogP contribution in [0.5, 0.6) is 0 Å². The zero-order valence-corrected chi connectivity index (χ0v) is 8.95. The molecule has 2 heterocycles. The standard InChI is InChI=1S/C10H19N3O2/c11-10(14)9-7-15-5-4-13(9)6-8-2-1-3-12-8/h8-9,12H,1-7H2,(H2,11,14)/t8-,9?/m0/s1. The maximum atomic E-state index is 11.2. The zero-order chi connectivity index (χ0) is 10.7. The van der Waals surface area contributed by atoms with Gasteiger partial charge in [0.05, 0.1) is 13.2 Å². The van der Waals surface area contributed by atoms with Gasteiger partial charge < -0.3 is 15.8 Å². The number of amides is 1. The van der Waals surface area contributed by atoms with E-state index >= 15 is 0 Å². The van der Waals surface area contributed by atoms with Crippen LogP contribution in [0.15, 0.2) is 0 Å². The van der Waals surface area contributed by atoms with Crippen LogP contribution in [0.1, 0.15) is 12.8 Å². The molecule has 0 aromatic heterocycles. The fourth-order valence-electron chi connectivity index (χ4n) is 2.31. The number of carbonyl (C=O) groups is 1. The maximum Gasteiger partial charge on any atom is 0.237 e. The Hall–Kier alpha value is -0.650. The number of rotatable bonds is 3. The lowest BCUT2D eigenvalue weighted by Crippen LogP contribution is -2.55. The third kappa shape index (κ3) is 2.68. The van der Waals surface area contributed by atoms with Crippen molar-refractivity contribution in [3.05, 3.63) is 0 Å². The van der Waals surface area contributed by atoms with Crippen LogP contribution in [0.4, 0.5) is 0 Å². The summed E-state index contributed by atoms with van der Waals surface area (Å²) in [6, 6.07) is 0.283. The molecule has 0 bridgehead atoms. The van der Waals surface area contributed by atoms with Gasteiger partial charge in [0.15, 0.2) is 0 Å². The summed E-state index contributed by atoms with van der Waals surface area (Å²) >= 11 is 0. The van der Waals surface area contributed by atoms with Crippen LogP contribution in [0.3, 0.4) is 0 Å². The van der Waals surface area contributed by atoms with Crippen molar-refractivity contribution in [2.75, 3.05) is 32.8 Å². The largest absolute Gasteiger partial charge is 0.378 e. The van der Waals surface area contributed by atoms with Crippen LogP contribution in [0.25, 0.3) is 0 Å². The molecule has 0 saturated carbocycles. The van der Waals surface area contributed by atoms with Crippen molar-refractivity contribution in [2.24, 2.45) is 5.73 Å². The minimum atomic E-state index is -0.271. The zero-order valence-electron chi connectivity index (χ0n) is 8.95. The Balaban J connectivity index is 1.89. The minimum Gasteiger partial charge on any atom is -0.378 e. The monoisotopic (exact) mass is 213 g/mol. The van der Waals surface area contributed by atoms with Gasteiger partial charge >= 0.3 is 0 Å². The molecule has 0 aromatic rings. The van der Waals surface area contributed by atoms with Crippen molar-refractivity contribution >= 4 is 5.91 Å². The summed E-state index contributed by atoms with van der Waals surface area (Å²) in [4.78, 5) is 13.4. The van der Waals surface area contributed by atoms with E-state index in [2.05, 4.69) is 10.2 Å².